The zero-order valence-electron chi connectivity index (χ0n) is 10.7. The Bertz CT molecular complexity index is 386. The Morgan fingerprint density at radius 2 is 2.00 bits per heavy atom. The van der Waals surface area contributed by atoms with Gasteiger partial charge in [-0.15, -0.1) is 0 Å². The molecular weight excluding hydrogens is 240 g/mol. The molecule has 7 heteroatoms. The maximum absolute atomic E-state index is 12.2. The van der Waals surface area contributed by atoms with Crippen molar-refractivity contribution in [3.05, 3.63) is 0 Å². The molecule has 1 rings (SSSR count). The molecule has 0 saturated carbocycles. The quantitative estimate of drug-likeness (QED) is 0.507. The van der Waals surface area contributed by atoms with Crippen molar-refractivity contribution in [3.8, 4) is 0 Å². The average molecular weight is 262 g/mol. The van der Waals surface area contributed by atoms with Gasteiger partial charge >= 0.3 is 0 Å². The van der Waals surface area contributed by atoms with E-state index in [1.54, 1.807) is 20.8 Å². The molecule has 0 aromatic carbocycles. The topological polar surface area (TPSA) is 99.3 Å². The van der Waals surface area contributed by atoms with Crippen molar-refractivity contribution in [2.24, 2.45) is 5.73 Å². The van der Waals surface area contributed by atoms with E-state index in [1.165, 1.54) is 4.31 Å². The molecule has 1 aliphatic rings. The molecule has 100 valence electrons. The van der Waals surface area contributed by atoms with Crippen molar-refractivity contribution in [3.63, 3.8) is 0 Å². The third-order valence-electron chi connectivity index (χ3n) is 2.56. The van der Waals surface area contributed by atoms with Crippen LogP contribution in [0.15, 0.2) is 0 Å². The van der Waals surface area contributed by atoms with Gasteiger partial charge in [-0.3, -0.25) is 5.41 Å². The number of nitrogens with zero attached hydrogens (tertiary/aromatic N) is 1. The lowest BCUT2D eigenvalue weighted by Crippen LogP contribution is -2.56. The molecule has 0 amide bonds. The van der Waals surface area contributed by atoms with Crippen LogP contribution in [0.3, 0.4) is 0 Å². The van der Waals surface area contributed by atoms with Crippen molar-refractivity contribution >= 4 is 16.0 Å². The summed E-state index contributed by atoms with van der Waals surface area (Å²) in [6, 6.07) is -0.497. The number of amidine groups is 1. The first-order chi connectivity index (χ1) is 7.63. The summed E-state index contributed by atoms with van der Waals surface area (Å²) in [5, 5.41) is 7.47. The molecule has 0 spiro atoms. The first-order valence-corrected chi connectivity index (χ1v) is 7.22. The molecular formula is C10H22N4O2S. The second kappa shape index (κ2) is 4.91. The van der Waals surface area contributed by atoms with Gasteiger partial charge in [0.05, 0.1) is 6.04 Å². The SMILES string of the molecule is CC(C)(C)NS(=O)(=O)N1CCCCC1C(=N)N. The van der Waals surface area contributed by atoms with Crippen LogP contribution < -0.4 is 10.5 Å². The number of hydrogen-bond acceptors (Lipinski definition) is 3. The van der Waals surface area contributed by atoms with Gasteiger partial charge in [0.2, 0.25) is 0 Å². The molecule has 4 N–H and O–H groups in total. The molecule has 0 aliphatic carbocycles. The lowest BCUT2D eigenvalue weighted by Gasteiger charge is -2.35. The van der Waals surface area contributed by atoms with Crippen molar-refractivity contribution in [2.45, 2.75) is 51.6 Å². The van der Waals surface area contributed by atoms with Crippen molar-refractivity contribution in [1.82, 2.24) is 9.03 Å². The number of rotatable bonds is 3. The summed E-state index contributed by atoms with van der Waals surface area (Å²) in [5.41, 5.74) is 4.94. The third-order valence-corrected chi connectivity index (χ3v) is 4.48. The molecule has 1 saturated heterocycles. The van der Waals surface area contributed by atoms with Crippen LogP contribution in [0.1, 0.15) is 40.0 Å². The Balaban J connectivity index is 2.91. The van der Waals surface area contributed by atoms with Gasteiger partial charge in [0, 0.05) is 12.1 Å². The molecule has 1 aliphatic heterocycles. The fraction of sp³-hybridized carbons (Fsp3) is 0.900. The van der Waals surface area contributed by atoms with E-state index >= 15 is 0 Å². The van der Waals surface area contributed by atoms with Gasteiger partial charge < -0.3 is 5.73 Å². The largest absolute Gasteiger partial charge is 0.386 e. The molecule has 1 unspecified atom stereocenters. The number of piperidine rings is 1. The molecule has 17 heavy (non-hydrogen) atoms. The van der Waals surface area contributed by atoms with Crippen molar-refractivity contribution in [2.75, 3.05) is 6.54 Å². The van der Waals surface area contributed by atoms with Gasteiger partial charge in [-0.25, -0.2) is 0 Å². The van der Waals surface area contributed by atoms with Crippen LogP contribution in [0.2, 0.25) is 0 Å². The summed E-state index contributed by atoms with van der Waals surface area (Å²) in [6.45, 7) is 5.79. The highest BCUT2D eigenvalue weighted by atomic mass is 32.2. The lowest BCUT2D eigenvalue weighted by atomic mass is 10.0. The lowest BCUT2D eigenvalue weighted by molar-refractivity contribution is 0.294. The maximum atomic E-state index is 12.2. The Labute approximate surface area is 103 Å². The zero-order valence-corrected chi connectivity index (χ0v) is 11.5. The van der Waals surface area contributed by atoms with Gasteiger partial charge in [-0.2, -0.15) is 17.4 Å². The minimum absolute atomic E-state index is 0.0796. The fourth-order valence-corrected chi connectivity index (χ4v) is 3.76. The highest BCUT2D eigenvalue weighted by Crippen LogP contribution is 2.20. The minimum atomic E-state index is -3.57. The van der Waals surface area contributed by atoms with Crippen LogP contribution in [-0.2, 0) is 10.2 Å². The molecule has 1 fully saturated rings. The second-order valence-electron chi connectivity index (χ2n) is 5.43. The number of nitrogens with one attached hydrogen (secondary N) is 2. The molecule has 0 radical (unpaired) electrons. The molecule has 6 nitrogen and oxygen atoms in total. The molecule has 0 bridgehead atoms. The van der Waals surface area contributed by atoms with Crippen LogP contribution in [0, 0.1) is 5.41 Å². The summed E-state index contributed by atoms with van der Waals surface area (Å²) < 4.78 is 28.3. The fourth-order valence-electron chi connectivity index (χ4n) is 1.95. The predicted molar refractivity (Wildman–Crippen MR) is 68.1 cm³/mol. The second-order valence-corrected chi connectivity index (χ2v) is 7.06. The minimum Gasteiger partial charge on any atom is -0.386 e. The smallest absolute Gasteiger partial charge is 0.280 e. The Morgan fingerprint density at radius 3 is 2.47 bits per heavy atom. The normalized spacial score (nSPS) is 23.6. The Hall–Kier alpha value is -0.660. The van der Waals surface area contributed by atoms with Gasteiger partial charge in [0.1, 0.15) is 5.84 Å². The van der Waals surface area contributed by atoms with Gasteiger partial charge in [0.15, 0.2) is 0 Å². The van der Waals surface area contributed by atoms with E-state index in [1.807, 2.05) is 0 Å². The summed E-state index contributed by atoms with van der Waals surface area (Å²) in [5.74, 6) is -0.0796. The van der Waals surface area contributed by atoms with Crippen LogP contribution in [0.25, 0.3) is 0 Å². The zero-order chi connectivity index (χ0) is 13.3. The first-order valence-electron chi connectivity index (χ1n) is 5.78. The maximum Gasteiger partial charge on any atom is 0.280 e. The summed E-state index contributed by atoms with van der Waals surface area (Å²) in [4.78, 5) is 0. The van der Waals surface area contributed by atoms with Crippen LogP contribution >= 0.6 is 0 Å². The van der Waals surface area contributed by atoms with E-state index in [0.717, 1.165) is 12.8 Å². The van der Waals surface area contributed by atoms with Crippen LogP contribution in [-0.4, -0.2) is 36.7 Å². The number of hydrogen-bond donors (Lipinski definition) is 3. The highest BCUT2D eigenvalue weighted by Gasteiger charge is 2.35. The standard InChI is InChI=1S/C10H22N4O2S/c1-10(2,3)13-17(15,16)14-7-5-4-6-8(14)9(11)12/h8,13H,4-7H2,1-3H3,(H3,11,12). The molecule has 0 aromatic heterocycles. The average Bonchev–Trinajstić information content (AvgIpc) is 2.14. The summed E-state index contributed by atoms with van der Waals surface area (Å²) in [6.07, 6.45) is 2.35. The first kappa shape index (κ1) is 14.4. The van der Waals surface area contributed by atoms with Gasteiger partial charge in [-0.05, 0) is 33.6 Å². The molecule has 1 atom stereocenters. The third kappa shape index (κ3) is 3.93. The molecule has 1 heterocycles. The van der Waals surface area contributed by atoms with Crippen LogP contribution in [0.4, 0.5) is 0 Å². The van der Waals surface area contributed by atoms with Crippen LogP contribution in [0.5, 0.6) is 0 Å². The summed E-state index contributed by atoms with van der Waals surface area (Å²) in [7, 11) is -3.57. The van der Waals surface area contributed by atoms with E-state index in [2.05, 4.69) is 4.72 Å². The van der Waals surface area contributed by atoms with E-state index in [0.29, 0.717) is 13.0 Å². The van der Waals surface area contributed by atoms with E-state index in [9.17, 15) is 8.42 Å². The number of nitrogens with two attached hydrogens (primary N) is 1. The monoisotopic (exact) mass is 262 g/mol. The molecule has 0 aromatic rings. The van der Waals surface area contributed by atoms with Gasteiger partial charge in [0.25, 0.3) is 10.2 Å². The Morgan fingerprint density at radius 1 is 1.41 bits per heavy atom. The predicted octanol–water partition coefficient (Wildman–Crippen LogP) is 0.410. The van der Waals surface area contributed by atoms with E-state index in [4.69, 9.17) is 11.1 Å². The summed E-state index contributed by atoms with van der Waals surface area (Å²) >= 11 is 0. The van der Waals surface area contributed by atoms with E-state index < -0.39 is 21.8 Å². The van der Waals surface area contributed by atoms with Gasteiger partial charge in [-0.1, -0.05) is 6.42 Å². The van der Waals surface area contributed by atoms with Crippen molar-refractivity contribution in [1.29, 1.82) is 5.41 Å². The van der Waals surface area contributed by atoms with Crippen molar-refractivity contribution < 1.29 is 8.42 Å². The van der Waals surface area contributed by atoms with E-state index in [-0.39, 0.29) is 5.84 Å². The Kier molecular flexibility index (Phi) is 4.16. The highest BCUT2D eigenvalue weighted by molar-refractivity contribution is 7.87.